The summed E-state index contributed by atoms with van der Waals surface area (Å²) in [4.78, 5) is 0. The molecule has 0 fully saturated rings. The molecule has 68 valence electrons. The zero-order valence-electron chi connectivity index (χ0n) is 7.29. The Hall–Kier alpha value is 0.127. The fourth-order valence-corrected chi connectivity index (χ4v) is 3.73. The van der Waals surface area contributed by atoms with Crippen molar-refractivity contribution in [3.63, 3.8) is 0 Å². The van der Waals surface area contributed by atoms with Crippen LogP contribution in [0.5, 0.6) is 0 Å². The molecular weight excluding hydrogens is 180 g/mol. The molecule has 11 heavy (non-hydrogen) atoms. The van der Waals surface area contributed by atoms with E-state index in [1.54, 1.807) is 0 Å². The van der Waals surface area contributed by atoms with E-state index in [4.69, 9.17) is 4.55 Å². The van der Waals surface area contributed by atoms with Crippen molar-refractivity contribution in [2.75, 3.05) is 5.75 Å². The van der Waals surface area contributed by atoms with Gasteiger partial charge in [-0.05, 0) is 5.41 Å². The van der Waals surface area contributed by atoms with Crippen LogP contribution in [0.25, 0.3) is 0 Å². The van der Waals surface area contributed by atoms with Gasteiger partial charge in [0.15, 0.2) is 0 Å². The minimum Gasteiger partial charge on any atom is -0.286 e. The van der Waals surface area contributed by atoms with Crippen LogP contribution in [-0.4, -0.2) is 29.0 Å². The van der Waals surface area contributed by atoms with Crippen molar-refractivity contribution < 1.29 is 13.0 Å². The molecule has 0 atom stereocenters. The molecule has 0 amide bonds. The molecule has 0 saturated carbocycles. The fraction of sp³-hybridized carbons (Fsp3) is 1.00. The van der Waals surface area contributed by atoms with Gasteiger partial charge in [-0.3, -0.25) is 4.55 Å². The van der Waals surface area contributed by atoms with Crippen molar-refractivity contribution in [1.29, 1.82) is 0 Å². The van der Waals surface area contributed by atoms with Gasteiger partial charge in [0.2, 0.25) is 0 Å². The molecule has 0 aromatic rings. The van der Waals surface area contributed by atoms with E-state index >= 15 is 0 Å². The molecule has 0 aliphatic carbocycles. The Kier molecular flexibility index (Phi) is 3.73. The summed E-state index contributed by atoms with van der Waals surface area (Å²) in [6, 6.07) is 1.07. The quantitative estimate of drug-likeness (QED) is 0.511. The van der Waals surface area contributed by atoms with Crippen molar-refractivity contribution in [2.45, 2.75) is 26.3 Å². The van der Waals surface area contributed by atoms with E-state index in [0.29, 0.717) is 0 Å². The van der Waals surface area contributed by atoms with Crippen LogP contribution in [0.1, 0.15) is 20.3 Å². The summed E-state index contributed by atoms with van der Waals surface area (Å²) in [6.07, 6.45) is 0.874. The molecule has 0 rings (SSSR count). The summed E-state index contributed by atoms with van der Waals surface area (Å²) in [5.74, 6) is -0.123. The molecule has 0 aliphatic heterocycles. The van der Waals surface area contributed by atoms with Gasteiger partial charge in [-0.25, -0.2) is 0 Å². The lowest BCUT2D eigenvalue weighted by Gasteiger charge is -2.21. The van der Waals surface area contributed by atoms with Gasteiger partial charge in [0.05, 0.1) is 5.75 Å². The molecule has 0 heterocycles. The van der Waals surface area contributed by atoms with Gasteiger partial charge in [0.1, 0.15) is 0 Å². The molecule has 0 saturated heterocycles. The lowest BCUT2D eigenvalue weighted by molar-refractivity contribution is 0.377. The first-order valence-corrected chi connectivity index (χ1v) is 6.74. The Morgan fingerprint density at radius 2 is 1.91 bits per heavy atom. The van der Waals surface area contributed by atoms with E-state index in [1.807, 2.05) is 13.8 Å². The van der Waals surface area contributed by atoms with Crippen LogP contribution in [-0.2, 0) is 10.1 Å². The van der Waals surface area contributed by atoms with E-state index in [1.165, 1.54) is 0 Å². The SMILES string of the molecule is CC(C)(CC[SiH3])CS(=O)(=O)O. The normalized spacial score (nSPS) is 13.7. The monoisotopic (exact) mass is 196 g/mol. The molecule has 0 spiro atoms. The average molecular weight is 196 g/mol. The van der Waals surface area contributed by atoms with Gasteiger partial charge in [-0.2, -0.15) is 8.42 Å². The molecule has 0 aromatic heterocycles. The smallest absolute Gasteiger partial charge is 0.265 e. The van der Waals surface area contributed by atoms with E-state index in [-0.39, 0.29) is 11.2 Å². The highest BCUT2D eigenvalue weighted by atomic mass is 32.2. The van der Waals surface area contributed by atoms with Gasteiger partial charge in [0.25, 0.3) is 10.1 Å². The number of hydrogen-bond acceptors (Lipinski definition) is 2. The van der Waals surface area contributed by atoms with Gasteiger partial charge in [-0.1, -0.05) is 26.3 Å². The number of hydrogen-bond donors (Lipinski definition) is 1. The Morgan fingerprint density at radius 3 is 2.18 bits per heavy atom. The third-order valence-electron chi connectivity index (χ3n) is 1.50. The third-order valence-corrected chi connectivity index (χ3v) is 3.15. The van der Waals surface area contributed by atoms with Crippen LogP contribution in [0.3, 0.4) is 0 Å². The van der Waals surface area contributed by atoms with Crippen LogP contribution in [0, 0.1) is 5.41 Å². The maximum atomic E-state index is 10.5. The van der Waals surface area contributed by atoms with Crippen molar-refractivity contribution in [2.24, 2.45) is 5.41 Å². The minimum absolute atomic E-state index is 0.123. The molecule has 5 heteroatoms. The van der Waals surface area contributed by atoms with E-state index < -0.39 is 10.1 Å². The Balaban J connectivity index is 4.13. The lowest BCUT2D eigenvalue weighted by Crippen LogP contribution is -2.23. The second kappa shape index (κ2) is 3.69. The highest BCUT2D eigenvalue weighted by molar-refractivity contribution is 7.85. The third kappa shape index (κ3) is 6.52. The standard InChI is InChI=1S/C6H16O3SSi/c1-6(2,3-4-11)5-10(7,8)9/h3-5H2,1-2,11H3,(H,7,8,9). The molecule has 0 unspecified atom stereocenters. The van der Waals surface area contributed by atoms with Crippen LogP contribution in [0.4, 0.5) is 0 Å². The first-order valence-electron chi connectivity index (χ1n) is 3.72. The van der Waals surface area contributed by atoms with Gasteiger partial charge in [0, 0.05) is 10.2 Å². The van der Waals surface area contributed by atoms with Gasteiger partial charge < -0.3 is 0 Å². The first-order chi connectivity index (χ1) is 4.77. The summed E-state index contributed by atoms with van der Waals surface area (Å²) in [5, 5.41) is 0. The molecule has 1 N–H and O–H groups in total. The lowest BCUT2D eigenvalue weighted by atomic mass is 9.93. The topological polar surface area (TPSA) is 54.4 Å². The average Bonchev–Trinajstić information content (AvgIpc) is 1.55. The highest BCUT2D eigenvalue weighted by Gasteiger charge is 2.23. The molecule has 0 aromatic carbocycles. The number of rotatable bonds is 4. The van der Waals surface area contributed by atoms with Crippen molar-refractivity contribution >= 4 is 20.4 Å². The second-order valence-electron chi connectivity index (χ2n) is 3.64. The largest absolute Gasteiger partial charge is 0.286 e. The first kappa shape index (κ1) is 11.1. The summed E-state index contributed by atoms with van der Waals surface area (Å²) in [7, 11) is -2.70. The molecule has 3 nitrogen and oxygen atoms in total. The molecule has 0 bridgehead atoms. The zero-order chi connectivity index (χ0) is 9.12. The summed E-state index contributed by atoms with van der Waals surface area (Å²) >= 11 is 0. The summed E-state index contributed by atoms with van der Waals surface area (Å²) in [6.45, 7) is 3.72. The van der Waals surface area contributed by atoms with E-state index in [2.05, 4.69) is 0 Å². The highest BCUT2D eigenvalue weighted by Crippen LogP contribution is 2.23. The van der Waals surface area contributed by atoms with Crippen molar-refractivity contribution in [3.8, 4) is 0 Å². The predicted molar refractivity (Wildman–Crippen MR) is 49.6 cm³/mol. The second-order valence-corrected chi connectivity index (χ2v) is 6.09. The maximum absolute atomic E-state index is 10.5. The Bertz CT molecular complexity index is 208. The van der Waals surface area contributed by atoms with E-state index in [0.717, 1.165) is 22.7 Å². The Labute approximate surface area is 71.4 Å². The Morgan fingerprint density at radius 1 is 1.45 bits per heavy atom. The van der Waals surface area contributed by atoms with Crippen molar-refractivity contribution in [1.82, 2.24) is 0 Å². The predicted octanol–water partition coefficient (Wildman–Crippen LogP) is 0.0742. The maximum Gasteiger partial charge on any atom is 0.265 e. The summed E-state index contributed by atoms with van der Waals surface area (Å²) < 4.78 is 29.5. The van der Waals surface area contributed by atoms with Gasteiger partial charge in [-0.15, -0.1) is 0 Å². The van der Waals surface area contributed by atoms with E-state index in [9.17, 15) is 8.42 Å². The van der Waals surface area contributed by atoms with Crippen LogP contribution < -0.4 is 0 Å². The van der Waals surface area contributed by atoms with Crippen molar-refractivity contribution in [3.05, 3.63) is 0 Å². The fourth-order valence-electron chi connectivity index (χ4n) is 1.24. The van der Waals surface area contributed by atoms with Gasteiger partial charge >= 0.3 is 0 Å². The molecule has 0 radical (unpaired) electrons. The molecular formula is C6H16O3SSi. The van der Waals surface area contributed by atoms with Crippen LogP contribution in [0.15, 0.2) is 0 Å². The molecule has 0 aliphatic rings. The summed E-state index contributed by atoms with van der Waals surface area (Å²) in [5.41, 5.74) is -0.269. The van der Waals surface area contributed by atoms with Crippen LogP contribution in [0.2, 0.25) is 6.04 Å². The zero-order valence-corrected chi connectivity index (χ0v) is 10.1. The minimum atomic E-state index is -3.79. The van der Waals surface area contributed by atoms with Crippen LogP contribution >= 0.6 is 0 Å².